The lowest BCUT2D eigenvalue weighted by atomic mass is 9.75. The summed E-state index contributed by atoms with van der Waals surface area (Å²) in [7, 11) is 0. The van der Waals surface area contributed by atoms with Crippen LogP contribution in [0.3, 0.4) is 0 Å². The quantitative estimate of drug-likeness (QED) is 0.728. The zero-order valence-electron chi connectivity index (χ0n) is 9.97. The van der Waals surface area contributed by atoms with Crippen LogP contribution in [0.1, 0.15) is 40.0 Å². The maximum Gasteiger partial charge on any atom is -0.00460 e. The molecule has 1 atom stereocenters. The predicted molar refractivity (Wildman–Crippen MR) is 62.2 cm³/mol. The summed E-state index contributed by atoms with van der Waals surface area (Å²) in [6, 6.07) is 0. The number of nitrogens with two attached hydrogens (primary N) is 1. The SMILES string of the molecule is CC(C)(C)C[C@@H](CN)C1CCNCC1. The number of rotatable bonds is 3. The van der Waals surface area contributed by atoms with Crippen molar-refractivity contribution in [2.45, 2.75) is 40.0 Å². The molecule has 3 N–H and O–H groups in total. The van der Waals surface area contributed by atoms with E-state index in [9.17, 15) is 0 Å². The molecule has 0 unspecified atom stereocenters. The van der Waals surface area contributed by atoms with Crippen LogP contribution in [0, 0.1) is 17.3 Å². The van der Waals surface area contributed by atoms with Crippen LogP contribution in [0.15, 0.2) is 0 Å². The highest BCUT2D eigenvalue weighted by Gasteiger charge is 2.26. The van der Waals surface area contributed by atoms with E-state index >= 15 is 0 Å². The van der Waals surface area contributed by atoms with Gasteiger partial charge in [0.15, 0.2) is 0 Å². The van der Waals surface area contributed by atoms with Crippen molar-refractivity contribution in [2.24, 2.45) is 23.0 Å². The van der Waals surface area contributed by atoms with Gasteiger partial charge in [-0.25, -0.2) is 0 Å². The van der Waals surface area contributed by atoms with Crippen LogP contribution < -0.4 is 11.1 Å². The first-order chi connectivity index (χ1) is 6.53. The van der Waals surface area contributed by atoms with Crippen molar-refractivity contribution < 1.29 is 0 Å². The zero-order chi connectivity index (χ0) is 10.6. The molecule has 0 saturated carbocycles. The van der Waals surface area contributed by atoms with Gasteiger partial charge in [0.25, 0.3) is 0 Å². The summed E-state index contributed by atoms with van der Waals surface area (Å²) >= 11 is 0. The van der Waals surface area contributed by atoms with E-state index in [0.29, 0.717) is 5.41 Å². The van der Waals surface area contributed by atoms with Crippen molar-refractivity contribution in [2.75, 3.05) is 19.6 Å². The fourth-order valence-electron chi connectivity index (χ4n) is 2.54. The summed E-state index contributed by atoms with van der Waals surface area (Å²) < 4.78 is 0. The molecule has 2 heteroatoms. The molecule has 1 fully saturated rings. The molecule has 1 saturated heterocycles. The van der Waals surface area contributed by atoms with Crippen LogP contribution in [-0.2, 0) is 0 Å². The smallest absolute Gasteiger partial charge is 0.00460 e. The van der Waals surface area contributed by atoms with Crippen LogP contribution in [-0.4, -0.2) is 19.6 Å². The number of nitrogens with one attached hydrogen (secondary N) is 1. The van der Waals surface area contributed by atoms with Gasteiger partial charge in [-0.15, -0.1) is 0 Å². The largest absolute Gasteiger partial charge is 0.330 e. The highest BCUT2D eigenvalue weighted by molar-refractivity contribution is 4.79. The maximum absolute atomic E-state index is 5.89. The molecule has 0 radical (unpaired) electrons. The lowest BCUT2D eigenvalue weighted by molar-refractivity contribution is 0.193. The minimum absolute atomic E-state index is 0.426. The number of hydrogen-bond donors (Lipinski definition) is 2. The van der Waals surface area contributed by atoms with Crippen LogP contribution in [0.25, 0.3) is 0 Å². The van der Waals surface area contributed by atoms with Gasteiger partial charge >= 0.3 is 0 Å². The topological polar surface area (TPSA) is 38.0 Å². The third kappa shape index (κ3) is 3.97. The lowest BCUT2D eigenvalue weighted by Gasteiger charge is -2.34. The molecule has 0 spiro atoms. The molecule has 14 heavy (non-hydrogen) atoms. The minimum atomic E-state index is 0.426. The van der Waals surface area contributed by atoms with Crippen molar-refractivity contribution in [3.8, 4) is 0 Å². The molecule has 0 aromatic carbocycles. The lowest BCUT2D eigenvalue weighted by Crippen LogP contribution is -2.36. The Morgan fingerprint density at radius 2 is 1.86 bits per heavy atom. The highest BCUT2D eigenvalue weighted by atomic mass is 14.9. The van der Waals surface area contributed by atoms with E-state index in [4.69, 9.17) is 5.73 Å². The van der Waals surface area contributed by atoms with E-state index in [1.165, 1.54) is 32.4 Å². The molecule has 0 aromatic heterocycles. The Labute approximate surface area is 88.6 Å². The maximum atomic E-state index is 5.89. The second kappa shape index (κ2) is 5.13. The van der Waals surface area contributed by atoms with Crippen molar-refractivity contribution in [3.05, 3.63) is 0 Å². The van der Waals surface area contributed by atoms with Gasteiger partial charge in [0.2, 0.25) is 0 Å². The number of hydrogen-bond acceptors (Lipinski definition) is 2. The summed E-state index contributed by atoms with van der Waals surface area (Å²) in [4.78, 5) is 0. The van der Waals surface area contributed by atoms with Crippen molar-refractivity contribution >= 4 is 0 Å². The van der Waals surface area contributed by atoms with Gasteiger partial charge in [0.1, 0.15) is 0 Å². The van der Waals surface area contributed by atoms with E-state index in [1.807, 2.05) is 0 Å². The molecule has 1 aliphatic rings. The van der Waals surface area contributed by atoms with Crippen molar-refractivity contribution in [1.29, 1.82) is 0 Å². The molecule has 1 aliphatic heterocycles. The van der Waals surface area contributed by atoms with Crippen LogP contribution in [0.4, 0.5) is 0 Å². The summed E-state index contributed by atoms with van der Waals surface area (Å²) in [5.41, 5.74) is 6.32. The van der Waals surface area contributed by atoms with Crippen LogP contribution in [0.2, 0.25) is 0 Å². The third-order valence-corrected chi connectivity index (χ3v) is 3.23. The van der Waals surface area contributed by atoms with Crippen LogP contribution >= 0.6 is 0 Å². The molecule has 0 amide bonds. The Morgan fingerprint density at radius 3 is 2.29 bits per heavy atom. The summed E-state index contributed by atoms with van der Waals surface area (Å²) in [5, 5.41) is 3.42. The van der Waals surface area contributed by atoms with Crippen molar-refractivity contribution in [3.63, 3.8) is 0 Å². The normalized spacial score (nSPS) is 22.3. The molecular formula is C12H26N2. The fourth-order valence-corrected chi connectivity index (χ4v) is 2.54. The molecule has 1 heterocycles. The third-order valence-electron chi connectivity index (χ3n) is 3.23. The summed E-state index contributed by atoms with van der Waals surface area (Å²) in [6.45, 7) is 10.2. The monoisotopic (exact) mass is 198 g/mol. The minimum Gasteiger partial charge on any atom is -0.330 e. The van der Waals surface area contributed by atoms with E-state index < -0.39 is 0 Å². The van der Waals surface area contributed by atoms with Gasteiger partial charge in [0, 0.05) is 0 Å². The summed E-state index contributed by atoms with van der Waals surface area (Å²) in [6.07, 6.45) is 3.91. The zero-order valence-corrected chi connectivity index (χ0v) is 9.97. The highest BCUT2D eigenvalue weighted by Crippen LogP contribution is 2.32. The standard InChI is InChI=1S/C12H26N2/c1-12(2,3)8-11(9-13)10-4-6-14-7-5-10/h10-11,14H,4-9,13H2,1-3H3/t11-/m0/s1. The Bertz CT molecular complexity index is 154. The van der Waals surface area contributed by atoms with E-state index in [0.717, 1.165) is 18.4 Å². The second-order valence-corrected chi connectivity index (χ2v) is 5.85. The second-order valence-electron chi connectivity index (χ2n) is 5.85. The first-order valence-corrected chi connectivity index (χ1v) is 5.94. The molecule has 1 rings (SSSR count). The first kappa shape index (κ1) is 12.0. The van der Waals surface area contributed by atoms with Crippen molar-refractivity contribution in [1.82, 2.24) is 5.32 Å². The van der Waals surface area contributed by atoms with E-state index in [1.54, 1.807) is 0 Å². The molecule has 0 aliphatic carbocycles. The van der Waals surface area contributed by atoms with E-state index in [2.05, 4.69) is 26.1 Å². The fraction of sp³-hybridized carbons (Fsp3) is 1.00. The average molecular weight is 198 g/mol. The number of piperidine rings is 1. The van der Waals surface area contributed by atoms with Gasteiger partial charge in [-0.2, -0.15) is 0 Å². The Balaban J connectivity index is 2.43. The Kier molecular flexibility index (Phi) is 4.39. The molecular weight excluding hydrogens is 172 g/mol. The molecule has 0 aromatic rings. The van der Waals surface area contributed by atoms with Gasteiger partial charge in [-0.05, 0) is 56.1 Å². The molecule has 0 bridgehead atoms. The molecule has 84 valence electrons. The predicted octanol–water partition coefficient (Wildman–Crippen LogP) is 2.00. The Hall–Kier alpha value is -0.0800. The van der Waals surface area contributed by atoms with Gasteiger partial charge in [-0.3, -0.25) is 0 Å². The summed E-state index contributed by atoms with van der Waals surface area (Å²) in [5.74, 6) is 1.59. The van der Waals surface area contributed by atoms with E-state index in [-0.39, 0.29) is 0 Å². The first-order valence-electron chi connectivity index (χ1n) is 5.94. The van der Waals surface area contributed by atoms with Crippen LogP contribution in [0.5, 0.6) is 0 Å². The van der Waals surface area contributed by atoms with Gasteiger partial charge < -0.3 is 11.1 Å². The average Bonchev–Trinajstić information content (AvgIpc) is 2.14. The molecule has 2 nitrogen and oxygen atoms in total. The van der Waals surface area contributed by atoms with Gasteiger partial charge in [-0.1, -0.05) is 20.8 Å². The van der Waals surface area contributed by atoms with Gasteiger partial charge in [0.05, 0.1) is 0 Å². The Morgan fingerprint density at radius 1 is 1.29 bits per heavy atom.